The van der Waals surface area contributed by atoms with E-state index in [9.17, 15) is 13.6 Å². The highest BCUT2D eigenvalue weighted by molar-refractivity contribution is 8.14. The Labute approximate surface area is 141 Å². The Morgan fingerprint density at radius 3 is 2.67 bits per heavy atom. The predicted molar refractivity (Wildman–Crippen MR) is 90.6 cm³/mol. The van der Waals surface area contributed by atoms with Crippen LogP contribution >= 0.6 is 11.8 Å². The fourth-order valence-electron chi connectivity index (χ4n) is 2.30. The summed E-state index contributed by atoms with van der Waals surface area (Å²) in [5.41, 5.74) is 0.469. The summed E-state index contributed by atoms with van der Waals surface area (Å²) in [6.45, 7) is 0.637. The summed E-state index contributed by atoms with van der Waals surface area (Å²) in [7, 11) is 1.44. The largest absolute Gasteiger partial charge is 0.497 e. The number of rotatable bonds is 3. The molecule has 0 aliphatic carbocycles. The molecular weight excluding hydrogens is 334 g/mol. The van der Waals surface area contributed by atoms with Gasteiger partial charge in [0.1, 0.15) is 17.4 Å². The second kappa shape index (κ2) is 7.00. The molecule has 0 aromatic heterocycles. The number of ether oxygens (including phenoxy) is 1. The zero-order valence-electron chi connectivity index (χ0n) is 12.8. The molecule has 3 rings (SSSR count). The standard InChI is InChI=1S/C17H14F2N2O2S/c1-23-11-3-5-12(15(19)9-11)10-2-4-13(14(18)8-10)16(22)21-17-20-6-7-24-17/h2-5,8-9H,6-7H2,1H3,(H,20,21,22). The summed E-state index contributed by atoms with van der Waals surface area (Å²) in [5.74, 6) is -0.634. The summed E-state index contributed by atoms with van der Waals surface area (Å²) in [5, 5.41) is 3.06. The van der Waals surface area contributed by atoms with Crippen LogP contribution in [-0.2, 0) is 0 Å². The van der Waals surface area contributed by atoms with E-state index in [0.29, 0.717) is 23.0 Å². The highest BCUT2D eigenvalue weighted by atomic mass is 32.2. The third kappa shape index (κ3) is 3.41. The highest BCUT2D eigenvalue weighted by Gasteiger charge is 2.17. The van der Waals surface area contributed by atoms with E-state index < -0.39 is 17.5 Å². The van der Waals surface area contributed by atoms with Crippen LogP contribution in [0.15, 0.2) is 41.4 Å². The van der Waals surface area contributed by atoms with E-state index >= 15 is 0 Å². The Kier molecular flexibility index (Phi) is 4.80. The van der Waals surface area contributed by atoms with E-state index in [1.54, 1.807) is 6.07 Å². The molecular formula is C17H14F2N2O2S. The molecule has 0 unspecified atom stereocenters. The number of carbonyl (C=O) groups is 1. The molecule has 0 radical (unpaired) electrons. The monoisotopic (exact) mass is 348 g/mol. The molecule has 1 aliphatic rings. The maximum Gasteiger partial charge on any atom is 0.260 e. The minimum absolute atomic E-state index is 0.108. The Hall–Kier alpha value is -2.41. The molecule has 124 valence electrons. The number of halogens is 2. The van der Waals surface area contributed by atoms with Crippen LogP contribution in [0.1, 0.15) is 10.4 Å². The van der Waals surface area contributed by atoms with E-state index in [4.69, 9.17) is 4.74 Å². The summed E-state index contributed by atoms with van der Waals surface area (Å²) in [4.78, 5) is 16.2. The first-order valence-corrected chi connectivity index (χ1v) is 8.19. The van der Waals surface area contributed by atoms with E-state index in [-0.39, 0.29) is 11.1 Å². The van der Waals surface area contributed by atoms with Gasteiger partial charge in [-0.05, 0) is 29.8 Å². The van der Waals surface area contributed by atoms with Gasteiger partial charge in [0.15, 0.2) is 5.17 Å². The minimum Gasteiger partial charge on any atom is -0.497 e. The van der Waals surface area contributed by atoms with Crippen molar-refractivity contribution < 1.29 is 18.3 Å². The van der Waals surface area contributed by atoms with Crippen molar-refractivity contribution in [1.82, 2.24) is 5.32 Å². The Bertz CT molecular complexity index is 824. The van der Waals surface area contributed by atoms with Gasteiger partial charge in [-0.1, -0.05) is 17.8 Å². The Morgan fingerprint density at radius 2 is 2.04 bits per heavy atom. The second-order valence-electron chi connectivity index (χ2n) is 5.03. The number of amidine groups is 1. The Balaban J connectivity index is 1.85. The number of thioether (sulfide) groups is 1. The van der Waals surface area contributed by atoms with Crippen molar-refractivity contribution in [2.45, 2.75) is 0 Å². The van der Waals surface area contributed by atoms with Gasteiger partial charge in [-0.3, -0.25) is 9.79 Å². The number of nitrogens with zero attached hydrogens (tertiary/aromatic N) is 1. The predicted octanol–water partition coefficient (Wildman–Crippen LogP) is 3.47. The van der Waals surface area contributed by atoms with E-state index in [2.05, 4.69) is 10.3 Å². The first kappa shape index (κ1) is 16.4. The molecule has 1 N–H and O–H groups in total. The van der Waals surface area contributed by atoms with Gasteiger partial charge in [-0.15, -0.1) is 0 Å². The lowest BCUT2D eigenvalue weighted by Gasteiger charge is -2.09. The number of benzene rings is 2. The van der Waals surface area contributed by atoms with Crippen LogP contribution in [0.4, 0.5) is 8.78 Å². The minimum atomic E-state index is -0.719. The number of hydrogen-bond donors (Lipinski definition) is 1. The number of carbonyl (C=O) groups excluding carboxylic acids is 1. The van der Waals surface area contributed by atoms with Crippen LogP contribution in [0.3, 0.4) is 0 Å². The zero-order chi connectivity index (χ0) is 17.1. The molecule has 7 heteroatoms. The molecule has 4 nitrogen and oxygen atoms in total. The maximum absolute atomic E-state index is 14.3. The SMILES string of the molecule is COc1ccc(-c2ccc(C(=O)NC3=NCCS3)c(F)c2)c(F)c1. The lowest BCUT2D eigenvalue weighted by Crippen LogP contribution is -2.28. The van der Waals surface area contributed by atoms with Crippen LogP contribution in [0.25, 0.3) is 11.1 Å². The maximum atomic E-state index is 14.3. The summed E-state index contributed by atoms with van der Waals surface area (Å²) < 4.78 is 33.3. The molecule has 0 fully saturated rings. The van der Waals surface area contributed by atoms with Gasteiger partial charge < -0.3 is 10.1 Å². The average Bonchev–Trinajstić information content (AvgIpc) is 3.07. The van der Waals surface area contributed by atoms with Crippen molar-refractivity contribution in [2.24, 2.45) is 4.99 Å². The topological polar surface area (TPSA) is 50.7 Å². The van der Waals surface area contributed by atoms with E-state index in [0.717, 1.165) is 11.8 Å². The number of methoxy groups -OCH3 is 1. The van der Waals surface area contributed by atoms with Crippen molar-refractivity contribution in [3.05, 3.63) is 53.6 Å². The smallest absolute Gasteiger partial charge is 0.260 e. The van der Waals surface area contributed by atoms with E-state index in [1.165, 1.54) is 43.1 Å². The average molecular weight is 348 g/mol. The van der Waals surface area contributed by atoms with Gasteiger partial charge in [0.05, 0.1) is 19.2 Å². The zero-order valence-corrected chi connectivity index (χ0v) is 13.6. The van der Waals surface area contributed by atoms with Gasteiger partial charge in [0, 0.05) is 17.4 Å². The van der Waals surface area contributed by atoms with Crippen molar-refractivity contribution in [2.75, 3.05) is 19.4 Å². The van der Waals surface area contributed by atoms with Gasteiger partial charge in [0.25, 0.3) is 5.91 Å². The number of amides is 1. The molecule has 0 atom stereocenters. The lowest BCUT2D eigenvalue weighted by atomic mass is 10.0. The van der Waals surface area contributed by atoms with Gasteiger partial charge in [-0.25, -0.2) is 8.78 Å². The molecule has 2 aromatic carbocycles. The molecule has 2 aromatic rings. The summed E-state index contributed by atoms with van der Waals surface area (Å²) in [6.07, 6.45) is 0. The normalized spacial score (nSPS) is 13.5. The van der Waals surface area contributed by atoms with Crippen LogP contribution in [0.5, 0.6) is 5.75 Å². The van der Waals surface area contributed by atoms with Crippen LogP contribution in [0.2, 0.25) is 0 Å². The molecule has 1 heterocycles. The van der Waals surface area contributed by atoms with Crippen LogP contribution in [-0.4, -0.2) is 30.5 Å². The highest BCUT2D eigenvalue weighted by Crippen LogP contribution is 2.27. The van der Waals surface area contributed by atoms with Gasteiger partial charge in [-0.2, -0.15) is 0 Å². The summed E-state index contributed by atoms with van der Waals surface area (Å²) >= 11 is 1.41. The quantitative estimate of drug-likeness (QED) is 0.924. The second-order valence-corrected chi connectivity index (χ2v) is 6.11. The summed E-state index contributed by atoms with van der Waals surface area (Å²) in [6, 6.07) is 8.31. The number of hydrogen-bond acceptors (Lipinski definition) is 4. The first-order chi connectivity index (χ1) is 11.6. The van der Waals surface area contributed by atoms with Crippen molar-refractivity contribution in [1.29, 1.82) is 0 Å². The van der Waals surface area contributed by atoms with E-state index in [1.807, 2.05) is 0 Å². The Morgan fingerprint density at radius 1 is 1.21 bits per heavy atom. The van der Waals surface area contributed by atoms with Crippen molar-refractivity contribution >= 4 is 22.8 Å². The van der Waals surface area contributed by atoms with Gasteiger partial charge >= 0.3 is 0 Å². The fourth-order valence-corrected chi connectivity index (χ4v) is 3.02. The third-order valence-electron chi connectivity index (χ3n) is 3.51. The lowest BCUT2D eigenvalue weighted by molar-refractivity contribution is 0.0974. The molecule has 0 bridgehead atoms. The molecule has 1 aliphatic heterocycles. The third-order valence-corrected chi connectivity index (χ3v) is 4.40. The number of aliphatic imine (C=N–C) groups is 1. The fraction of sp³-hybridized carbons (Fsp3) is 0.176. The molecule has 0 spiro atoms. The van der Waals surface area contributed by atoms with Gasteiger partial charge in [0.2, 0.25) is 0 Å². The molecule has 0 saturated carbocycles. The molecule has 1 amide bonds. The number of nitrogens with one attached hydrogen (secondary N) is 1. The van der Waals surface area contributed by atoms with Crippen molar-refractivity contribution in [3.63, 3.8) is 0 Å². The molecule has 24 heavy (non-hydrogen) atoms. The first-order valence-electron chi connectivity index (χ1n) is 7.20. The van der Waals surface area contributed by atoms with Crippen LogP contribution < -0.4 is 10.1 Å². The van der Waals surface area contributed by atoms with Crippen LogP contribution in [0, 0.1) is 11.6 Å². The molecule has 0 saturated heterocycles. The van der Waals surface area contributed by atoms with Crippen molar-refractivity contribution in [3.8, 4) is 16.9 Å².